The quantitative estimate of drug-likeness (QED) is 0.234. The average molecular weight is 516 g/mol. The number of amides is 3. The predicted octanol–water partition coefficient (Wildman–Crippen LogP) is -2.29. The highest BCUT2D eigenvalue weighted by molar-refractivity contribution is 6.02. The number of hydrogen-bond donors (Lipinski definition) is 6. The van der Waals surface area contributed by atoms with Gasteiger partial charge in [-0.15, -0.1) is 0 Å². The molecule has 3 fully saturated rings. The number of quaternary nitrogens is 1. The number of likely N-dealkylation sites (tertiary alicyclic amines) is 1. The molecule has 0 aliphatic carbocycles. The van der Waals surface area contributed by atoms with Gasteiger partial charge in [-0.2, -0.15) is 0 Å². The van der Waals surface area contributed by atoms with E-state index in [1.165, 1.54) is 6.92 Å². The molecule has 1 aromatic rings. The van der Waals surface area contributed by atoms with Crippen LogP contribution in [0.3, 0.4) is 0 Å². The largest absolute Gasteiger partial charge is 0.384 e. The van der Waals surface area contributed by atoms with Crippen LogP contribution in [0.25, 0.3) is 0 Å². The van der Waals surface area contributed by atoms with Gasteiger partial charge >= 0.3 is 0 Å². The Bertz CT molecular complexity index is 1160. The number of hydrogen-bond acceptors (Lipinski definition) is 10. The predicted molar refractivity (Wildman–Crippen MR) is 130 cm³/mol. The van der Waals surface area contributed by atoms with E-state index < -0.39 is 35.7 Å². The van der Waals surface area contributed by atoms with Crippen molar-refractivity contribution in [1.29, 1.82) is 0 Å². The number of guanidine groups is 1. The van der Waals surface area contributed by atoms with Crippen LogP contribution >= 0.6 is 0 Å². The fourth-order valence-electron chi connectivity index (χ4n) is 6.23. The molecule has 1 spiro atoms. The number of nitrogens with one attached hydrogen (secondary N) is 2. The van der Waals surface area contributed by atoms with Crippen molar-refractivity contribution in [3.63, 3.8) is 0 Å². The third kappa shape index (κ3) is 3.64. The van der Waals surface area contributed by atoms with E-state index in [1.807, 2.05) is 32.0 Å². The molecule has 0 radical (unpaired) electrons. The maximum Gasteiger partial charge on any atom is 0.251 e. The normalized spacial score (nSPS) is 35.7. The molecule has 0 saturated carbocycles. The summed E-state index contributed by atoms with van der Waals surface area (Å²) < 4.78 is 0. The van der Waals surface area contributed by atoms with E-state index in [0.29, 0.717) is 5.56 Å². The Labute approximate surface area is 214 Å². The summed E-state index contributed by atoms with van der Waals surface area (Å²) in [4.78, 5) is 45.2. The summed E-state index contributed by atoms with van der Waals surface area (Å²) in [7, 11) is 0. The van der Waals surface area contributed by atoms with Crippen molar-refractivity contribution < 1.29 is 30.4 Å². The van der Waals surface area contributed by atoms with Gasteiger partial charge in [-0.3, -0.25) is 19.3 Å². The summed E-state index contributed by atoms with van der Waals surface area (Å²) in [6.45, 7) is 5.61. The van der Waals surface area contributed by atoms with Gasteiger partial charge < -0.3 is 32.0 Å². The summed E-state index contributed by atoms with van der Waals surface area (Å²) in [6, 6.07) is 4.91. The van der Waals surface area contributed by atoms with Gasteiger partial charge in [-0.25, -0.2) is 10.3 Å². The molecule has 1 aromatic carbocycles. The maximum atomic E-state index is 13.3. The number of hydroxylamine groups is 2. The molecule has 3 saturated heterocycles. The van der Waals surface area contributed by atoms with Crippen LogP contribution in [0.4, 0.5) is 0 Å². The van der Waals surface area contributed by atoms with Gasteiger partial charge in [0.05, 0.1) is 24.7 Å². The minimum atomic E-state index is -1.75. The third-order valence-corrected chi connectivity index (χ3v) is 8.25. The van der Waals surface area contributed by atoms with E-state index in [0.717, 1.165) is 15.5 Å². The molecule has 6 unspecified atom stereocenters. The number of carbonyl (C=O) groups excluding carboxylic acids is 3. The summed E-state index contributed by atoms with van der Waals surface area (Å²) >= 11 is 0. The van der Waals surface area contributed by atoms with Crippen molar-refractivity contribution in [3.8, 4) is 0 Å². The summed E-state index contributed by atoms with van der Waals surface area (Å²) in [6.07, 6.45) is -0.591. The molecule has 0 bridgehead atoms. The zero-order valence-corrected chi connectivity index (χ0v) is 21.2. The fourth-order valence-corrected chi connectivity index (χ4v) is 6.23. The van der Waals surface area contributed by atoms with E-state index in [4.69, 9.17) is 5.73 Å². The standard InChI is InChI=1S/C24H34N8O5/c1-12(2)13-5-4-6-14(9-13)20(35)28-16-11-31-21(25)27-15(10-30-17(33)7-8-18(30)34)19-24(31,23(16,3)36)32(37)22(26)29-19/h4-6,9,12,15-16,19,22,29,36-37H,7-8,10-11,26H2,1-3H3,(H2,25,27)(H,28,35)/p+1. The summed E-state index contributed by atoms with van der Waals surface area (Å²) in [5.41, 5.74) is 8.45. The van der Waals surface area contributed by atoms with Crippen molar-refractivity contribution in [2.24, 2.45) is 10.7 Å². The van der Waals surface area contributed by atoms with Crippen LogP contribution in [0.1, 0.15) is 55.5 Å². The van der Waals surface area contributed by atoms with Crippen LogP contribution in [0.5, 0.6) is 0 Å². The molecule has 5 rings (SSSR count). The average Bonchev–Trinajstić information content (AvgIpc) is 3.40. The van der Waals surface area contributed by atoms with Gasteiger partial charge in [-0.05, 0) is 30.5 Å². The highest BCUT2D eigenvalue weighted by Crippen LogP contribution is 2.49. The lowest BCUT2D eigenvalue weighted by Crippen LogP contribution is -2.79. The van der Waals surface area contributed by atoms with Crippen molar-refractivity contribution in [1.82, 2.24) is 25.5 Å². The SMILES string of the molecule is CC(C)c1cccc(C(=O)NC2CN3C(N)=NC(CN4C(=O)CCC4=O)C4NC([NH3+])N(O)C43C2(C)O)c1. The summed E-state index contributed by atoms with van der Waals surface area (Å²) in [5.74, 6) is -0.712. The topological polar surface area (TPSA) is 191 Å². The Morgan fingerprint density at radius 3 is 2.65 bits per heavy atom. The van der Waals surface area contributed by atoms with Gasteiger partial charge in [0.25, 0.3) is 5.91 Å². The van der Waals surface area contributed by atoms with E-state index in [2.05, 4.69) is 21.4 Å². The van der Waals surface area contributed by atoms with E-state index >= 15 is 0 Å². The van der Waals surface area contributed by atoms with Gasteiger partial charge in [0.1, 0.15) is 5.60 Å². The fraction of sp³-hybridized carbons (Fsp3) is 0.583. The number of rotatable bonds is 5. The lowest BCUT2D eigenvalue weighted by Gasteiger charge is -2.52. The molecule has 13 heteroatoms. The number of nitrogens with zero attached hydrogens (tertiary/aromatic N) is 4. The van der Waals surface area contributed by atoms with Crippen molar-refractivity contribution in [3.05, 3.63) is 35.4 Å². The van der Waals surface area contributed by atoms with Crippen LogP contribution in [0.15, 0.2) is 29.3 Å². The zero-order valence-electron chi connectivity index (χ0n) is 21.2. The zero-order chi connectivity index (χ0) is 26.9. The molecule has 9 N–H and O–H groups in total. The number of carbonyl (C=O) groups is 3. The van der Waals surface area contributed by atoms with Crippen LogP contribution in [0.2, 0.25) is 0 Å². The molecule has 4 heterocycles. The Morgan fingerprint density at radius 1 is 1.32 bits per heavy atom. The van der Waals surface area contributed by atoms with E-state index in [1.54, 1.807) is 11.0 Å². The first-order chi connectivity index (χ1) is 17.4. The Balaban J connectivity index is 1.48. The molecule has 4 aliphatic rings. The molecule has 4 aliphatic heterocycles. The lowest BCUT2D eigenvalue weighted by atomic mass is 9.78. The molecule has 0 aromatic heterocycles. The Hall–Kier alpha value is -3.10. The molecule has 3 amide bonds. The van der Waals surface area contributed by atoms with Crippen LogP contribution < -0.4 is 22.1 Å². The number of benzene rings is 1. The van der Waals surface area contributed by atoms with E-state index in [-0.39, 0.29) is 55.5 Å². The van der Waals surface area contributed by atoms with Gasteiger partial charge in [0.2, 0.25) is 18.1 Å². The first-order valence-electron chi connectivity index (χ1n) is 12.5. The van der Waals surface area contributed by atoms with E-state index in [9.17, 15) is 24.7 Å². The third-order valence-electron chi connectivity index (χ3n) is 8.25. The first kappa shape index (κ1) is 25.5. The minimum Gasteiger partial charge on any atom is -0.384 e. The monoisotopic (exact) mass is 515 g/mol. The second-order valence-electron chi connectivity index (χ2n) is 10.7. The Kier molecular flexibility index (Phi) is 6.03. The highest BCUT2D eigenvalue weighted by Gasteiger charge is 2.76. The number of aliphatic imine (C=N–C) groups is 1. The van der Waals surface area contributed by atoms with Gasteiger partial charge in [-0.1, -0.05) is 31.0 Å². The van der Waals surface area contributed by atoms with Crippen LogP contribution in [-0.2, 0) is 9.59 Å². The Morgan fingerprint density at radius 2 is 2.00 bits per heavy atom. The minimum absolute atomic E-state index is 0.0223. The molecular formula is C24H35N8O5+. The van der Waals surface area contributed by atoms with Gasteiger partial charge in [0, 0.05) is 24.9 Å². The van der Waals surface area contributed by atoms with Crippen LogP contribution in [-0.4, -0.2) is 97.6 Å². The maximum absolute atomic E-state index is 13.3. The lowest BCUT2D eigenvalue weighted by molar-refractivity contribution is -0.505. The summed E-state index contributed by atoms with van der Waals surface area (Å²) in [5, 5.41) is 30.3. The first-order valence-corrected chi connectivity index (χ1v) is 12.5. The van der Waals surface area contributed by atoms with Gasteiger partial charge in [0.15, 0.2) is 11.6 Å². The second-order valence-corrected chi connectivity index (χ2v) is 10.7. The molecule has 6 atom stereocenters. The highest BCUT2D eigenvalue weighted by atomic mass is 16.5. The van der Waals surface area contributed by atoms with Crippen molar-refractivity contribution in [2.45, 2.75) is 75.2 Å². The molecule has 37 heavy (non-hydrogen) atoms. The molecule has 13 nitrogen and oxygen atoms in total. The number of aliphatic hydroxyl groups is 1. The van der Waals surface area contributed by atoms with Crippen molar-refractivity contribution >= 4 is 23.7 Å². The number of nitrogens with two attached hydrogens (primary N) is 1. The van der Waals surface area contributed by atoms with Crippen molar-refractivity contribution in [2.75, 3.05) is 13.1 Å². The molecular weight excluding hydrogens is 480 g/mol. The second kappa shape index (κ2) is 8.74. The smallest absolute Gasteiger partial charge is 0.251 e. The van der Waals surface area contributed by atoms with Crippen LogP contribution in [0, 0.1) is 0 Å². The number of imide groups is 1. The molecule has 200 valence electrons.